The van der Waals surface area contributed by atoms with Crippen molar-refractivity contribution in [3.05, 3.63) is 35.4 Å². The highest BCUT2D eigenvalue weighted by Crippen LogP contribution is 2.15. The fourth-order valence-corrected chi connectivity index (χ4v) is 2.08. The van der Waals surface area contributed by atoms with E-state index in [1.54, 1.807) is 4.90 Å². The Balaban J connectivity index is 0.00000361. The molecule has 0 aromatic heterocycles. The molecule has 1 aromatic rings. The number of carbonyl (C=O) groups excluding carboxylic acids is 1. The van der Waals surface area contributed by atoms with Gasteiger partial charge < -0.3 is 10.6 Å². The van der Waals surface area contributed by atoms with Crippen LogP contribution in [0.1, 0.15) is 50.7 Å². The maximum absolute atomic E-state index is 12.0. The van der Waals surface area contributed by atoms with Crippen molar-refractivity contribution in [1.29, 1.82) is 0 Å². The quantitative estimate of drug-likeness (QED) is 0.876. The monoisotopic (exact) mass is 298 g/mol. The Kier molecular flexibility index (Phi) is 8.51. The van der Waals surface area contributed by atoms with E-state index in [9.17, 15) is 4.79 Å². The first kappa shape index (κ1) is 18.9. The van der Waals surface area contributed by atoms with Gasteiger partial charge in [0.2, 0.25) is 5.91 Å². The fourth-order valence-electron chi connectivity index (χ4n) is 2.08. The zero-order valence-electron chi connectivity index (χ0n) is 12.9. The minimum atomic E-state index is -0.370. The van der Waals surface area contributed by atoms with Crippen molar-refractivity contribution in [1.82, 2.24) is 4.90 Å². The minimum absolute atomic E-state index is 0. The lowest BCUT2D eigenvalue weighted by molar-refractivity contribution is -0.131. The van der Waals surface area contributed by atoms with Crippen molar-refractivity contribution in [2.45, 2.75) is 52.1 Å². The normalized spacial score (nSPS) is 11.9. The lowest BCUT2D eigenvalue weighted by Gasteiger charge is -2.21. The van der Waals surface area contributed by atoms with Gasteiger partial charge in [-0.3, -0.25) is 4.79 Å². The minimum Gasteiger partial charge on any atom is -0.340 e. The summed E-state index contributed by atoms with van der Waals surface area (Å²) in [7, 11) is 1.81. The molecule has 1 unspecified atom stereocenters. The molecule has 114 valence electrons. The maximum Gasteiger partial charge on any atom is 0.239 e. The molecule has 0 bridgehead atoms. The molecule has 0 spiro atoms. The first-order valence-electron chi connectivity index (χ1n) is 7.05. The van der Waals surface area contributed by atoms with E-state index in [1.807, 2.05) is 14.0 Å². The number of likely N-dealkylation sites (N-methyl/N-ethyl adjacent to an activating group) is 1. The van der Waals surface area contributed by atoms with E-state index in [4.69, 9.17) is 5.73 Å². The van der Waals surface area contributed by atoms with Crippen LogP contribution in [0.15, 0.2) is 24.3 Å². The smallest absolute Gasteiger partial charge is 0.239 e. The molecule has 0 radical (unpaired) electrons. The number of halogens is 1. The van der Waals surface area contributed by atoms with E-state index in [-0.39, 0.29) is 24.4 Å². The molecular weight excluding hydrogens is 272 g/mol. The van der Waals surface area contributed by atoms with E-state index < -0.39 is 0 Å². The first-order chi connectivity index (χ1) is 8.95. The second-order valence-electron chi connectivity index (χ2n) is 5.49. The maximum atomic E-state index is 12.0. The van der Waals surface area contributed by atoms with Gasteiger partial charge in [-0.15, -0.1) is 12.4 Å². The van der Waals surface area contributed by atoms with Crippen LogP contribution >= 0.6 is 12.4 Å². The van der Waals surface area contributed by atoms with Crippen LogP contribution in [-0.2, 0) is 11.3 Å². The number of carbonyl (C=O) groups is 1. The second kappa shape index (κ2) is 8.98. The molecule has 0 aliphatic carbocycles. The molecule has 0 fully saturated rings. The van der Waals surface area contributed by atoms with Crippen molar-refractivity contribution >= 4 is 18.3 Å². The van der Waals surface area contributed by atoms with Gasteiger partial charge in [-0.1, -0.05) is 51.5 Å². The van der Waals surface area contributed by atoms with Crippen LogP contribution < -0.4 is 5.73 Å². The summed E-state index contributed by atoms with van der Waals surface area (Å²) < 4.78 is 0. The third kappa shape index (κ3) is 5.51. The SMILES string of the molecule is CCCC(N)C(=O)N(C)Cc1ccc(C(C)C)cc1.Cl. The number of hydrogen-bond donors (Lipinski definition) is 1. The van der Waals surface area contributed by atoms with E-state index in [0.29, 0.717) is 12.5 Å². The summed E-state index contributed by atoms with van der Waals surface area (Å²) in [5, 5.41) is 0. The largest absolute Gasteiger partial charge is 0.340 e. The summed E-state index contributed by atoms with van der Waals surface area (Å²) in [4.78, 5) is 13.7. The molecule has 0 aliphatic rings. The van der Waals surface area contributed by atoms with Crippen LogP contribution in [-0.4, -0.2) is 23.9 Å². The van der Waals surface area contributed by atoms with E-state index in [0.717, 1.165) is 18.4 Å². The summed E-state index contributed by atoms with van der Waals surface area (Å²) in [6.45, 7) is 7.01. The predicted octanol–water partition coefficient (Wildman–Crippen LogP) is 3.32. The third-order valence-electron chi connectivity index (χ3n) is 3.36. The number of benzene rings is 1. The number of hydrogen-bond acceptors (Lipinski definition) is 2. The van der Waals surface area contributed by atoms with Crippen LogP contribution in [0.25, 0.3) is 0 Å². The van der Waals surface area contributed by atoms with Gasteiger partial charge in [0.15, 0.2) is 0 Å². The van der Waals surface area contributed by atoms with Crippen molar-refractivity contribution in [2.75, 3.05) is 7.05 Å². The first-order valence-corrected chi connectivity index (χ1v) is 7.05. The third-order valence-corrected chi connectivity index (χ3v) is 3.36. The van der Waals surface area contributed by atoms with Gasteiger partial charge in [0.25, 0.3) is 0 Å². The Morgan fingerprint density at radius 1 is 1.25 bits per heavy atom. The van der Waals surface area contributed by atoms with Crippen LogP contribution in [0.2, 0.25) is 0 Å². The fraction of sp³-hybridized carbons (Fsp3) is 0.562. The topological polar surface area (TPSA) is 46.3 Å². The number of nitrogens with two attached hydrogens (primary N) is 1. The molecule has 2 N–H and O–H groups in total. The number of amides is 1. The Labute approximate surface area is 128 Å². The highest BCUT2D eigenvalue weighted by molar-refractivity contribution is 5.85. The Morgan fingerprint density at radius 3 is 2.25 bits per heavy atom. The van der Waals surface area contributed by atoms with Crippen molar-refractivity contribution in [2.24, 2.45) is 5.73 Å². The van der Waals surface area contributed by atoms with Crippen LogP contribution in [0.3, 0.4) is 0 Å². The summed E-state index contributed by atoms with van der Waals surface area (Å²) in [6.07, 6.45) is 1.68. The lowest BCUT2D eigenvalue weighted by atomic mass is 10.0. The van der Waals surface area contributed by atoms with Gasteiger partial charge in [0.1, 0.15) is 0 Å². The van der Waals surface area contributed by atoms with Crippen LogP contribution in [0, 0.1) is 0 Å². The van der Waals surface area contributed by atoms with Gasteiger partial charge in [-0.25, -0.2) is 0 Å². The Hall–Kier alpha value is -1.06. The molecule has 1 amide bonds. The molecule has 1 aromatic carbocycles. The molecular formula is C16H27ClN2O. The Bertz CT molecular complexity index is 403. The summed E-state index contributed by atoms with van der Waals surface area (Å²) in [5.74, 6) is 0.557. The molecule has 0 aliphatic heterocycles. The van der Waals surface area contributed by atoms with Gasteiger partial charge >= 0.3 is 0 Å². The second-order valence-corrected chi connectivity index (χ2v) is 5.49. The molecule has 3 nitrogen and oxygen atoms in total. The van der Waals surface area contributed by atoms with E-state index >= 15 is 0 Å². The molecule has 1 atom stereocenters. The van der Waals surface area contributed by atoms with Crippen molar-refractivity contribution in [3.63, 3.8) is 0 Å². The lowest BCUT2D eigenvalue weighted by Crippen LogP contribution is -2.41. The van der Waals surface area contributed by atoms with Gasteiger partial charge in [-0.05, 0) is 23.5 Å². The average molecular weight is 299 g/mol. The number of rotatable bonds is 6. The van der Waals surface area contributed by atoms with Gasteiger partial charge in [0, 0.05) is 13.6 Å². The van der Waals surface area contributed by atoms with Gasteiger partial charge in [-0.2, -0.15) is 0 Å². The summed E-state index contributed by atoms with van der Waals surface area (Å²) in [5.41, 5.74) is 8.32. The zero-order chi connectivity index (χ0) is 14.4. The summed E-state index contributed by atoms with van der Waals surface area (Å²) >= 11 is 0. The molecule has 0 saturated heterocycles. The predicted molar refractivity (Wildman–Crippen MR) is 87.1 cm³/mol. The highest BCUT2D eigenvalue weighted by atomic mass is 35.5. The summed E-state index contributed by atoms with van der Waals surface area (Å²) in [6, 6.07) is 8.06. The highest BCUT2D eigenvalue weighted by Gasteiger charge is 2.17. The van der Waals surface area contributed by atoms with Gasteiger partial charge in [0.05, 0.1) is 6.04 Å². The Morgan fingerprint density at radius 2 is 1.80 bits per heavy atom. The van der Waals surface area contributed by atoms with Crippen molar-refractivity contribution < 1.29 is 4.79 Å². The molecule has 1 rings (SSSR count). The van der Waals surface area contributed by atoms with Crippen LogP contribution in [0.4, 0.5) is 0 Å². The average Bonchev–Trinajstić information content (AvgIpc) is 2.38. The van der Waals surface area contributed by atoms with Crippen molar-refractivity contribution in [3.8, 4) is 0 Å². The standard InChI is InChI=1S/C16H26N2O.ClH/c1-5-6-15(17)16(19)18(4)11-13-7-9-14(10-8-13)12(2)3;/h7-10,12,15H,5-6,11,17H2,1-4H3;1H. The molecule has 0 heterocycles. The van der Waals surface area contributed by atoms with Crippen LogP contribution in [0.5, 0.6) is 0 Å². The molecule has 20 heavy (non-hydrogen) atoms. The number of nitrogens with zero attached hydrogens (tertiary/aromatic N) is 1. The van der Waals surface area contributed by atoms with E-state index in [2.05, 4.69) is 38.1 Å². The van der Waals surface area contributed by atoms with E-state index in [1.165, 1.54) is 5.56 Å². The molecule has 4 heteroatoms. The zero-order valence-corrected chi connectivity index (χ0v) is 13.7. The molecule has 0 saturated carbocycles.